The number of ether oxygens (including phenoxy) is 1. The molecule has 1 saturated carbocycles. The Morgan fingerprint density at radius 3 is 2.79 bits per heavy atom. The Hall–Kier alpha value is -2.09. The first kappa shape index (κ1) is 16.8. The zero-order valence-corrected chi connectivity index (χ0v) is 14.7. The fraction of sp³-hybridized carbons (Fsp3) is 0.500. The van der Waals surface area contributed by atoms with E-state index in [-0.39, 0.29) is 5.91 Å². The van der Waals surface area contributed by atoms with Gasteiger partial charge in [0.15, 0.2) is 0 Å². The number of thioether (sulfide) groups is 1. The van der Waals surface area contributed by atoms with E-state index in [2.05, 4.69) is 26.9 Å². The van der Waals surface area contributed by atoms with Crippen LogP contribution in [0.25, 0.3) is 0 Å². The van der Waals surface area contributed by atoms with Gasteiger partial charge in [0, 0.05) is 0 Å². The van der Waals surface area contributed by atoms with Gasteiger partial charge < -0.3 is 10.1 Å². The van der Waals surface area contributed by atoms with E-state index >= 15 is 0 Å². The average Bonchev–Trinajstić information content (AvgIpc) is 3.27. The van der Waals surface area contributed by atoms with E-state index in [1.807, 2.05) is 26.0 Å². The monoisotopic (exact) mass is 347 g/mol. The summed E-state index contributed by atoms with van der Waals surface area (Å²) >= 11 is 1.36. The number of aromatic nitrogens is 4. The van der Waals surface area contributed by atoms with E-state index in [1.54, 1.807) is 4.68 Å². The van der Waals surface area contributed by atoms with Crippen LogP contribution < -0.4 is 10.1 Å². The maximum atomic E-state index is 11.9. The lowest BCUT2D eigenvalue weighted by Crippen LogP contribution is -2.29. The van der Waals surface area contributed by atoms with E-state index < -0.39 is 0 Å². The molecule has 0 atom stereocenters. The summed E-state index contributed by atoms with van der Waals surface area (Å²) in [6.07, 6.45) is 2.22. The van der Waals surface area contributed by atoms with Crippen molar-refractivity contribution in [3.8, 4) is 5.75 Å². The largest absolute Gasteiger partial charge is 0.492 e. The van der Waals surface area contributed by atoms with E-state index in [0.717, 1.165) is 18.6 Å². The predicted octanol–water partition coefficient (Wildman–Crippen LogP) is 1.91. The van der Waals surface area contributed by atoms with Gasteiger partial charge in [-0.2, -0.15) is 0 Å². The molecule has 1 aliphatic rings. The van der Waals surface area contributed by atoms with Crippen LogP contribution in [0.2, 0.25) is 0 Å². The van der Waals surface area contributed by atoms with Gasteiger partial charge in [0.05, 0.1) is 18.3 Å². The van der Waals surface area contributed by atoms with E-state index in [9.17, 15) is 4.79 Å². The molecule has 0 radical (unpaired) electrons. The molecule has 0 spiro atoms. The molecule has 1 aliphatic carbocycles. The summed E-state index contributed by atoms with van der Waals surface area (Å²) in [6.45, 7) is 4.99. The molecule has 0 saturated heterocycles. The highest BCUT2D eigenvalue weighted by atomic mass is 32.2. The molecule has 24 heavy (non-hydrogen) atoms. The van der Waals surface area contributed by atoms with Crippen molar-refractivity contribution >= 4 is 17.7 Å². The number of nitrogens with zero attached hydrogens (tertiary/aromatic N) is 4. The highest BCUT2D eigenvalue weighted by molar-refractivity contribution is 7.99. The molecular weight excluding hydrogens is 326 g/mol. The molecule has 1 aromatic heterocycles. The number of tetrazole rings is 1. The average molecular weight is 347 g/mol. The van der Waals surface area contributed by atoms with Gasteiger partial charge in [-0.25, -0.2) is 4.68 Å². The SMILES string of the molecule is Cc1cc(C)cc(OCCNC(=O)CSc2nnnn2C2CC2)c1. The normalized spacial score (nSPS) is 13.8. The van der Waals surface area contributed by atoms with Crippen LogP contribution in [0.15, 0.2) is 23.4 Å². The van der Waals surface area contributed by atoms with Gasteiger partial charge in [-0.1, -0.05) is 17.8 Å². The van der Waals surface area contributed by atoms with Gasteiger partial charge >= 0.3 is 0 Å². The van der Waals surface area contributed by atoms with Gasteiger partial charge in [-0.05, 0) is 60.4 Å². The summed E-state index contributed by atoms with van der Waals surface area (Å²) in [5.41, 5.74) is 2.33. The minimum Gasteiger partial charge on any atom is -0.492 e. The van der Waals surface area contributed by atoms with Crippen molar-refractivity contribution in [3.63, 3.8) is 0 Å². The summed E-state index contributed by atoms with van der Waals surface area (Å²) in [6, 6.07) is 6.49. The number of carbonyl (C=O) groups excluding carboxylic acids is 1. The number of carbonyl (C=O) groups is 1. The van der Waals surface area contributed by atoms with Crippen molar-refractivity contribution < 1.29 is 9.53 Å². The smallest absolute Gasteiger partial charge is 0.230 e. The van der Waals surface area contributed by atoms with Crippen LogP contribution in [-0.2, 0) is 4.79 Å². The lowest BCUT2D eigenvalue weighted by atomic mass is 10.1. The molecule has 128 valence electrons. The Kier molecular flexibility index (Phi) is 5.34. The number of amides is 1. The van der Waals surface area contributed by atoms with Crippen LogP contribution in [0, 0.1) is 13.8 Å². The molecule has 8 heteroatoms. The third-order valence-corrected chi connectivity index (χ3v) is 4.51. The van der Waals surface area contributed by atoms with Crippen molar-refractivity contribution in [3.05, 3.63) is 29.3 Å². The van der Waals surface area contributed by atoms with E-state index in [1.165, 1.54) is 22.9 Å². The zero-order chi connectivity index (χ0) is 16.9. The quantitative estimate of drug-likeness (QED) is 0.580. The number of nitrogens with one attached hydrogen (secondary N) is 1. The van der Waals surface area contributed by atoms with Gasteiger partial charge in [-0.3, -0.25) is 4.79 Å². The lowest BCUT2D eigenvalue weighted by Gasteiger charge is -2.09. The molecule has 0 unspecified atom stereocenters. The lowest BCUT2D eigenvalue weighted by molar-refractivity contribution is -0.118. The maximum Gasteiger partial charge on any atom is 0.230 e. The fourth-order valence-corrected chi connectivity index (χ4v) is 3.16. The van der Waals surface area contributed by atoms with Crippen molar-refractivity contribution in [2.75, 3.05) is 18.9 Å². The molecule has 1 fully saturated rings. The molecule has 1 N–H and O–H groups in total. The molecule has 7 nitrogen and oxygen atoms in total. The Balaban J connectivity index is 1.36. The molecule has 1 aromatic carbocycles. The predicted molar refractivity (Wildman–Crippen MR) is 91.2 cm³/mol. The second kappa shape index (κ2) is 7.65. The van der Waals surface area contributed by atoms with E-state index in [4.69, 9.17) is 4.74 Å². The van der Waals surface area contributed by atoms with E-state index in [0.29, 0.717) is 30.1 Å². The molecular formula is C16H21N5O2S. The summed E-state index contributed by atoms with van der Waals surface area (Å²) in [4.78, 5) is 11.9. The zero-order valence-electron chi connectivity index (χ0n) is 13.9. The van der Waals surface area contributed by atoms with Crippen LogP contribution in [-0.4, -0.2) is 45.0 Å². The van der Waals surface area contributed by atoms with Gasteiger partial charge in [0.25, 0.3) is 0 Å². The number of rotatable bonds is 8. The number of benzene rings is 1. The standard InChI is InChI=1S/C16H21N5O2S/c1-11-7-12(2)9-14(8-11)23-6-5-17-15(22)10-24-16-18-19-20-21(16)13-3-4-13/h7-9,13H,3-6,10H2,1-2H3,(H,17,22). The molecule has 1 amide bonds. The summed E-state index contributed by atoms with van der Waals surface area (Å²) in [5.74, 6) is 1.09. The Labute approximate surface area is 145 Å². The molecule has 0 bridgehead atoms. The number of aryl methyl sites for hydroxylation is 2. The molecule has 1 heterocycles. The van der Waals surface area contributed by atoms with Gasteiger partial charge in [0.2, 0.25) is 11.1 Å². The molecule has 2 aromatic rings. The van der Waals surface area contributed by atoms with Crippen molar-refractivity contribution in [2.45, 2.75) is 37.9 Å². The Bertz CT molecular complexity index is 694. The summed E-state index contributed by atoms with van der Waals surface area (Å²) < 4.78 is 7.48. The molecule has 3 rings (SSSR count). The first-order chi connectivity index (χ1) is 11.6. The highest BCUT2D eigenvalue weighted by Crippen LogP contribution is 2.36. The van der Waals surface area contributed by atoms with Crippen molar-refractivity contribution in [2.24, 2.45) is 0 Å². The Morgan fingerprint density at radius 1 is 1.33 bits per heavy atom. The van der Waals surface area contributed by atoms with Gasteiger partial charge in [0.1, 0.15) is 12.4 Å². The third-order valence-electron chi connectivity index (χ3n) is 3.58. The summed E-state index contributed by atoms with van der Waals surface area (Å²) in [7, 11) is 0. The second-order valence-electron chi connectivity index (χ2n) is 5.95. The summed E-state index contributed by atoms with van der Waals surface area (Å²) in [5, 5.41) is 15.2. The topological polar surface area (TPSA) is 81.9 Å². The number of hydrogen-bond donors (Lipinski definition) is 1. The van der Waals surface area contributed by atoms with Crippen LogP contribution in [0.3, 0.4) is 0 Å². The van der Waals surface area contributed by atoms with Crippen molar-refractivity contribution in [1.29, 1.82) is 0 Å². The van der Waals surface area contributed by atoms with Crippen molar-refractivity contribution in [1.82, 2.24) is 25.5 Å². The Morgan fingerprint density at radius 2 is 2.08 bits per heavy atom. The fourth-order valence-electron chi connectivity index (χ4n) is 2.39. The first-order valence-corrected chi connectivity index (χ1v) is 8.99. The van der Waals surface area contributed by atoms with Crippen LogP contribution in [0.4, 0.5) is 0 Å². The van der Waals surface area contributed by atoms with Crippen LogP contribution in [0.5, 0.6) is 5.75 Å². The van der Waals surface area contributed by atoms with Crippen LogP contribution in [0.1, 0.15) is 30.0 Å². The second-order valence-corrected chi connectivity index (χ2v) is 6.89. The maximum absolute atomic E-state index is 11.9. The van der Waals surface area contributed by atoms with Gasteiger partial charge in [-0.15, -0.1) is 5.10 Å². The minimum atomic E-state index is -0.0469. The van der Waals surface area contributed by atoms with Crippen LogP contribution >= 0.6 is 11.8 Å². The minimum absolute atomic E-state index is 0.0469. The highest BCUT2D eigenvalue weighted by Gasteiger charge is 2.28. The molecule has 0 aliphatic heterocycles. The third kappa shape index (κ3) is 4.70. The first-order valence-electron chi connectivity index (χ1n) is 8.00. The number of hydrogen-bond acceptors (Lipinski definition) is 6.